The number of halogens is 3. The molecule has 2 aromatic rings. The van der Waals surface area contributed by atoms with Crippen molar-refractivity contribution in [2.45, 2.75) is 20.0 Å². The number of hydrogen-bond acceptors (Lipinski definition) is 6. The van der Waals surface area contributed by atoms with Gasteiger partial charge in [-0.15, -0.1) is 0 Å². The van der Waals surface area contributed by atoms with Crippen molar-refractivity contribution < 1.29 is 27.5 Å². The van der Waals surface area contributed by atoms with Crippen molar-refractivity contribution in [1.82, 2.24) is 19.7 Å². The van der Waals surface area contributed by atoms with Gasteiger partial charge in [0, 0.05) is 6.54 Å². The molecule has 0 radical (unpaired) electrons. The van der Waals surface area contributed by atoms with E-state index in [1.54, 1.807) is 11.8 Å². The van der Waals surface area contributed by atoms with E-state index in [1.807, 2.05) is 6.92 Å². The van der Waals surface area contributed by atoms with Gasteiger partial charge in [-0.2, -0.15) is 18.3 Å². The van der Waals surface area contributed by atoms with Gasteiger partial charge in [-0.05, 0) is 24.7 Å². The van der Waals surface area contributed by atoms with Gasteiger partial charge < -0.3 is 10.1 Å². The van der Waals surface area contributed by atoms with Gasteiger partial charge in [-0.1, -0.05) is 13.8 Å². The highest BCUT2D eigenvalue weighted by Crippen LogP contribution is 2.33. The highest BCUT2D eigenvalue weighted by atomic mass is 19.4. The fraction of sp³-hybridized carbons (Fsp3) is 0.444. The molecule has 29 heavy (non-hydrogen) atoms. The summed E-state index contributed by atoms with van der Waals surface area (Å²) >= 11 is 0. The zero-order valence-electron chi connectivity index (χ0n) is 16.2. The number of benzene rings is 1. The number of carbonyl (C=O) groups is 2. The van der Waals surface area contributed by atoms with Crippen molar-refractivity contribution >= 4 is 17.6 Å². The highest BCUT2D eigenvalue weighted by molar-refractivity contribution is 5.94. The second kappa shape index (κ2) is 9.50. The van der Waals surface area contributed by atoms with Gasteiger partial charge in [0.2, 0.25) is 5.91 Å². The Morgan fingerprint density at radius 1 is 1.34 bits per heavy atom. The Bertz CT molecular complexity index is 840. The van der Waals surface area contributed by atoms with E-state index in [2.05, 4.69) is 20.1 Å². The van der Waals surface area contributed by atoms with Crippen LogP contribution in [0.4, 0.5) is 18.9 Å². The molecule has 1 N–H and O–H groups in total. The van der Waals surface area contributed by atoms with Crippen LogP contribution in [0.5, 0.6) is 0 Å². The predicted octanol–water partition coefficient (Wildman–Crippen LogP) is 2.36. The summed E-state index contributed by atoms with van der Waals surface area (Å²) in [5.74, 6) is -1.38. The molecule has 0 fully saturated rings. The van der Waals surface area contributed by atoms with Crippen molar-refractivity contribution in [2.24, 2.45) is 5.92 Å². The number of carbonyl (C=O) groups excluding carboxylic acids is 2. The van der Waals surface area contributed by atoms with Crippen molar-refractivity contribution in [3.05, 3.63) is 36.4 Å². The van der Waals surface area contributed by atoms with Crippen LogP contribution in [0.1, 0.15) is 19.4 Å². The van der Waals surface area contributed by atoms with E-state index in [9.17, 15) is 22.8 Å². The number of nitrogens with zero attached hydrogens (tertiary/aromatic N) is 4. The maximum atomic E-state index is 13.1. The van der Waals surface area contributed by atoms with Crippen LogP contribution in [0.3, 0.4) is 0 Å². The smallest absolute Gasteiger partial charge is 0.416 e. The van der Waals surface area contributed by atoms with Crippen LogP contribution in [0.15, 0.2) is 30.9 Å². The first-order valence-corrected chi connectivity index (χ1v) is 8.82. The van der Waals surface area contributed by atoms with E-state index < -0.39 is 29.5 Å². The molecule has 1 amide bonds. The van der Waals surface area contributed by atoms with Gasteiger partial charge in [0.1, 0.15) is 12.7 Å². The fourth-order valence-electron chi connectivity index (χ4n) is 2.71. The van der Waals surface area contributed by atoms with Crippen molar-refractivity contribution in [1.29, 1.82) is 0 Å². The number of likely N-dealkylation sites (N-methyl/N-ethyl adjacent to an activating group) is 1. The molecule has 0 bridgehead atoms. The average molecular weight is 413 g/mol. The lowest BCUT2D eigenvalue weighted by molar-refractivity contribution is -0.145. The summed E-state index contributed by atoms with van der Waals surface area (Å²) in [7, 11) is 1.28. The van der Waals surface area contributed by atoms with E-state index in [-0.39, 0.29) is 24.5 Å². The minimum absolute atomic E-state index is 0.0487. The largest absolute Gasteiger partial charge is 0.469 e. The predicted molar refractivity (Wildman–Crippen MR) is 98.3 cm³/mol. The van der Waals surface area contributed by atoms with Crippen LogP contribution in [0.2, 0.25) is 0 Å². The first kappa shape index (κ1) is 22.3. The molecule has 158 valence electrons. The standard InChI is InChI=1S/C18H22F3N5O3/c1-4-25(8-12(2)17(28)29-3)9-16(27)24-14-7-13(18(19,20)21)5-6-15(14)26-11-22-10-23-26/h5-7,10-12H,4,8-9H2,1-3H3,(H,24,27). The van der Waals surface area contributed by atoms with Crippen LogP contribution in [0.25, 0.3) is 5.69 Å². The Hall–Kier alpha value is -2.95. The zero-order valence-corrected chi connectivity index (χ0v) is 16.2. The van der Waals surface area contributed by atoms with E-state index in [0.29, 0.717) is 6.54 Å². The highest BCUT2D eigenvalue weighted by Gasteiger charge is 2.31. The lowest BCUT2D eigenvalue weighted by Crippen LogP contribution is -2.38. The molecule has 0 aliphatic rings. The molecular formula is C18H22F3N5O3. The Morgan fingerprint density at radius 2 is 2.07 bits per heavy atom. The van der Waals surface area contributed by atoms with Gasteiger partial charge in [0.15, 0.2) is 0 Å². The molecule has 0 saturated heterocycles. The number of alkyl halides is 3. The minimum atomic E-state index is -4.56. The van der Waals surface area contributed by atoms with Gasteiger partial charge in [-0.25, -0.2) is 9.67 Å². The van der Waals surface area contributed by atoms with Crippen LogP contribution < -0.4 is 5.32 Å². The van der Waals surface area contributed by atoms with Crippen LogP contribution in [-0.2, 0) is 20.5 Å². The summed E-state index contributed by atoms with van der Waals surface area (Å²) in [5.41, 5.74) is -0.703. The van der Waals surface area contributed by atoms with Crippen molar-refractivity contribution in [3.63, 3.8) is 0 Å². The Labute approximate surface area is 165 Å². The third-order valence-corrected chi connectivity index (χ3v) is 4.21. The molecule has 0 saturated carbocycles. The van der Waals surface area contributed by atoms with Gasteiger partial charge in [-0.3, -0.25) is 14.5 Å². The molecule has 8 nitrogen and oxygen atoms in total. The molecule has 2 rings (SSSR count). The van der Waals surface area contributed by atoms with E-state index in [4.69, 9.17) is 0 Å². The minimum Gasteiger partial charge on any atom is -0.469 e. The summed E-state index contributed by atoms with van der Waals surface area (Å²) < 4.78 is 45.2. The van der Waals surface area contributed by atoms with Crippen molar-refractivity contribution in [3.8, 4) is 5.69 Å². The van der Waals surface area contributed by atoms with E-state index >= 15 is 0 Å². The molecule has 1 unspecified atom stereocenters. The lowest BCUT2D eigenvalue weighted by atomic mass is 10.1. The molecule has 1 aromatic carbocycles. The number of aromatic nitrogens is 3. The summed E-state index contributed by atoms with van der Waals surface area (Å²) in [6, 6.07) is 2.97. The third-order valence-electron chi connectivity index (χ3n) is 4.21. The first-order valence-electron chi connectivity index (χ1n) is 8.82. The van der Waals surface area contributed by atoms with Gasteiger partial charge in [0.05, 0.1) is 36.5 Å². The average Bonchev–Trinajstić information content (AvgIpc) is 3.20. The molecule has 11 heteroatoms. The second-order valence-corrected chi connectivity index (χ2v) is 6.37. The molecule has 0 aliphatic carbocycles. The second-order valence-electron chi connectivity index (χ2n) is 6.37. The molecule has 0 aliphatic heterocycles. The summed E-state index contributed by atoms with van der Waals surface area (Å²) in [6.45, 7) is 4.11. The third kappa shape index (κ3) is 6.01. The summed E-state index contributed by atoms with van der Waals surface area (Å²) in [4.78, 5) is 29.5. The Balaban J connectivity index is 2.20. The zero-order chi connectivity index (χ0) is 21.6. The number of amides is 1. The van der Waals surface area contributed by atoms with Crippen LogP contribution in [0, 0.1) is 5.92 Å². The molecule has 0 spiro atoms. The number of anilines is 1. The molecule has 1 atom stereocenters. The SMILES string of the molecule is CCN(CC(=O)Nc1cc(C(F)(F)F)ccc1-n1cncn1)CC(C)C(=O)OC. The Morgan fingerprint density at radius 3 is 2.62 bits per heavy atom. The summed E-state index contributed by atoms with van der Waals surface area (Å²) in [6.07, 6.45) is -2.02. The van der Waals surface area contributed by atoms with Crippen LogP contribution >= 0.6 is 0 Å². The normalized spacial score (nSPS) is 12.7. The quantitative estimate of drug-likeness (QED) is 0.669. The number of methoxy groups -OCH3 is 1. The van der Waals surface area contributed by atoms with Crippen molar-refractivity contribution in [2.75, 3.05) is 32.1 Å². The maximum Gasteiger partial charge on any atom is 0.416 e. The molecule has 1 heterocycles. The molecule has 1 aromatic heterocycles. The van der Waals surface area contributed by atoms with E-state index in [0.717, 1.165) is 12.1 Å². The van der Waals surface area contributed by atoms with E-state index in [1.165, 1.54) is 30.5 Å². The fourth-order valence-corrected chi connectivity index (χ4v) is 2.71. The summed E-state index contributed by atoms with van der Waals surface area (Å²) in [5, 5.41) is 6.41. The first-order chi connectivity index (χ1) is 13.7. The Kier molecular flexibility index (Phi) is 7.32. The maximum absolute atomic E-state index is 13.1. The number of hydrogen-bond donors (Lipinski definition) is 1. The number of esters is 1. The molecular weight excluding hydrogens is 391 g/mol. The van der Waals surface area contributed by atoms with Gasteiger partial charge in [0.25, 0.3) is 0 Å². The van der Waals surface area contributed by atoms with Gasteiger partial charge >= 0.3 is 12.1 Å². The topological polar surface area (TPSA) is 89.4 Å². The monoisotopic (exact) mass is 413 g/mol. The van der Waals surface area contributed by atoms with Crippen LogP contribution in [-0.4, -0.2) is 58.3 Å². The number of nitrogens with one attached hydrogen (secondary N) is 1. The lowest BCUT2D eigenvalue weighted by Gasteiger charge is -2.23. The number of ether oxygens (including phenoxy) is 1. The number of rotatable bonds is 8.